The highest BCUT2D eigenvalue weighted by atomic mass is 16.5. The summed E-state index contributed by atoms with van der Waals surface area (Å²) in [6.45, 7) is 6.25. The lowest BCUT2D eigenvalue weighted by atomic mass is 9.77. The Kier molecular flexibility index (Phi) is 23.8. The third kappa shape index (κ3) is 19.7. The van der Waals surface area contributed by atoms with Crippen LogP contribution in [0.5, 0.6) is 0 Å². The lowest BCUT2D eigenvalue weighted by molar-refractivity contribution is -0.137. The highest BCUT2D eigenvalue weighted by Crippen LogP contribution is 2.38. The highest BCUT2D eigenvalue weighted by Gasteiger charge is 2.22. The number of anilines is 1. The monoisotopic (exact) mass is 968 g/mol. The number of hydrogen-bond acceptors (Lipinski definition) is 7. The van der Waals surface area contributed by atoms with Gasteiger partial charge in [0.15, 0.2) is 0 Å². The molecule has 382 valence electrons. The number of nitrogens with zero attached hydrogens (tertiary/aromatic N) is 5. The van der Waals surface area contributed by atoms with Crippen LogP contribution in [0.25, 0.3) is 11.1 Å². The quantitative estimate of drug-likeness (QED) is 0.0186. The molecule has 5 aromatic rings. The summed E-state index contributed by atoms with van der Waals surface area (Å²) in [5, 5.41) is 17.7. The van der Waals surface area contributed by atoms with Gasteiger partial charge in [-0.25, -0.2) is 4.79 Å². The largest absolute Gasteiger partial charge is 0.463 e. The van der Waals surface area contributed by atoms with E-state index in [2.05, 4.69) is 117 Å². The van der Waals surface area contributed by atoms with Crippen LogP contribution in [0.15, 0.2) is 154 Å². The van der Waals surface area contributed by atoms with Gasteiger partial charge in [0.05, 0.1) is 29.4 Å². The van der Waals surface area contributed by atoms with Gasteiger partial charge in [-0.1, -0.05) is 170 Å². The number of hydrogen-bond donors (Lipinski definition) is 0. The Hall–Kier alpha value is -5.69. The summed E-state index contributed by atoms with van der Waals surface area (Å²) in [6, 6.07) is 43.5. The fourth-order valence-electron chi connectivity index (χ4n) is 10.7. The van der Waals surface area contributed by atoms with Crippen LogP contribution in [0.3, 0.4) is 0 Å². The van der Waals surface area contributed by atoms with Gasteiger partial charge in [-0.2, -0.15) is 20.5 Å². The van der Waals surface area contributed by atoms with Crippen molar-refractivity contribution in [2.45, 2.75) is 179 Å². The maximum Gasteiger partial charge on any atom is 0.330 e. The van der Waals surface area contributed by atoms with E-state index in [0.717, 1.165) is 66.9 Å². The van der Waals surface area contributed by atoms with Gasteiger partial charge in [0, 0.05) is 24.9 Å². The van der Waals surface area contributed by atoms with Crippen molar-refractivity contribution < 1.29 is 9.53 Å². The molecule has 7 nitrogen and oxygen atoms in total. The molecule has 5 aromatic carbocycles. The number of rotatable bonds is 32. The molecule has 0 N–H and O–H groups in total. The van der Waals surface area contributed by atoms with Crippen molar-refractivity contribution in [3.8, 4) is 11.1 Å². The molecule has 1 aliphatic carbocycles. The van der Waals surface area contributed by atoms with Crippen molar-refractivity contribution in [3.63, 3.8) is 0 Å². The van der Waals surface area contributed by atoms with Gasteiger partial charge >= 0.3 is 5.97 Å². The molecule has 1 aliphatic heterocycles. The minimum absolute atomic E-state index is 0.306. The van der Waals surface area contributed by atoms with E-state index in [1.807, 2.05) is 36.4 Å². The van der Waals surface area contributed by atoms with E-state index in [4.69, 9.17) is 4.74 Å². The van der Waals surface area contributed by atoms with E-state index in [-0.39, 0.29) is 5.97 Å². The van der Waals surface area contributed by atoms with Crippen molar-refractivity contribution in [1.29, 1.82) is 0 Å². The van der Waals surface area contributed by atoms with E-state index < -0.39 is 0 Å². The molecule has 0 amide bonds. The maximum atomic E-state index is 11.1. The molecule has 2 aliphatic rings. The van der Waals surface area contributed by atoms with Crippen LogP contribution in [-0.2, 0) is 22.4 Å². The lowest BCUT2D eigenvalue weighted by Crippen LogP contribution is -2.17. The second-order valence-corrected chi connectivity index (χ2v) is 20.9. The lowest BCUT2D eigenvalue weighted by Gasteiger charge is -2.29. The first kappa shape index (κ1) is 54.1. The molecule has 1 saturated heterocycles. The third-order valence-corrected chi connectivity index (χ3v) is 15.3. The first-order valence-corrected chi connectivity index (χ1v) is 28.4. The van der Waals surface area contributed by atoms with Gasteiger partial charge in [-0.05, 0) is 171 Å². The summed E-state index contributed by atoms with van der Waals surface area (Å²) in [4.78, 5) is 13.5. The number of carbonyl (C=O) groups is 1. The summed E-state index contributed by atoms with van der Waals surface area (Å²) < 4.78 is 5.05. The second kappa shape index (κ2) is 31.7. The molecule has 1 heterocycles. The van der Waals surface area contributed by atoms with Crippen molar-refractivity contribution in [3.05, 3.63) is 151 Å². The zero-order chi connectivity index (χ0) is 49.7. The number of unbranched alkanes of at least 4 members (excludes halogenated alkanes) is 16. The second-order valence-electron chi connectivity index (χ2n) is 20.9. The molecular formula is C65H85N5O2. The van der Waals surface area contributed by atoms with Gasteiger partial charge < -0.3 is 9.64 Å². The van der Waals surface area contributed by atoms with E-state index in [1.54, 1.807) is 5.56 Å². The minimum Gasteiger partial charge on any atom is -0.463 e. The first-order chi connectivity index (χ1) is 35.6. The molecule has 1 saturated carbocycles. The fraction of sp³-hybridized carbons (Fsp3) is 0.492. The molecule has 2 fully saturated rings. The number of ether oxygens (including phenoxy) is 1. The Morgan fingerprint density at radius 2 is 0.861 bits per heavy atom. The van der Waals surface area contributed by atoms with Gasteiger partial charge in [-0.3, -0.25) is 0 Å². The van der Waals surface area contributed by atoms with Crippen molar-refractivity contribution >= 4 is 34.4 Å². The molecule has 0 bridgehead atoms. The predicted octanol–water partition coefficient (Wildman–Crippen LogP) is 20.0. The van der Waals surface area contributed by atoms with Crippen molar-refractivity contribution in [1.82, 2.24) is 0 Å². The summed E-state index contributed by atoms with van der Waals surface area (Å²) in [5.41, 5.74) is 11.6. The van der Waals surface area contributed by atoms with E-state index in [0.29, 0.717) is 6.61 Å². The summed E-state index contributed by atoms with van der Waals surface area (Å²) >= 11 is 0. The average Bonchev–Trinajstić information content (AvgIpc) is 3.98. The highest BCUT2D eigenvalue weighted by molar-refractivity contribution is 5.81. The first-order valence-electron chi connectivity index (χ1n) is 28.4. The van der Waals surface area contributed by atoms with Gasteiger partial charge in [0.1, 0.15) is 0 Å². The molecule has 7 heteroatoms. The van der Waals surface area contributed by atoms with Crippen LogP contribution >= 0.6 is 0 Å². The standard InChI is InChI=1S/C65H85N5O2/c1-2-65(71)72-52-22-16-12-8-4-3-5-9-13-17-23-53-26-32-56(33-27-53)58-36-38-59(39-37-58)57-34-28-54(29-35-57)24-18-14-10-6-7-11-15-19-25-55-30-40-60(41-31-55)66-67-61-42-44-62(45-43-61)68-69-63-46-48-64(49-47-63)70-50-20-21-51-70/h2,28-31,34-49,53,56H,1,3-27,32-33,50-52H2. The van der Waals surface area contributed by atoms with Crippen LogP contribution in [0.1, 0.15) is 183 Å². The summed E-state index contributed by atoms with van der Waals surface area (Å²) in [7, 11) is 0. The van der Waals surface area contributed by atoms with Crippen LogP contribution < -0.4 is 4.90 Å². The third-order valence-electron chi connectivity index (χ3n) is 15.3. The van der Waals surface area contributed by atoms with Gasteiger partial charge in [0.2, 0.25) is 0 Å². The Balaban J connectivity index is 0.662. The van der Waals surface area contributed by atoms with Crippen LogP contribution in [-0.4, -0.2) is 25.7 Å². The van der Waals surface area contributed by atoms with Crippen LogP contribution in [0, 0.1) is 5.92 Å². The molecule has 7 rings (SSSR count). The summed E-state index contributed by atoms with van der Waals surface area (Å²) in [5.74, 6) is 1.36. The van der Waals surface area contributed by atoms with Crippen molar-refractivity contribution in [2.24, 2.45) is 26.4 Å². The number of carbonyl (C=O) groups excluding carboxylic acids is 1. The van der Waals surface area contributed by atoms with Gasteiger partial charge in [0.25, 0.3) is 0 Å². The maximum absolute atomic E-state index is 11.1. The number of azo groups is 2. The normalized spacial score (nSPS) is 16.0. The molecule has 0 spiro atoms. The number of esters is 1. The van der Waals surface area contributed by atoms with Crippen molar-refractivity contribution in [2.75, 3.05) is 24.6 Å². The Morgan fingerprint density at radius 1 is 0.472 bits per heavy atom. The minimum atomic E-state index is -0.306. The van der Waals surface area contributed by atoms with E-state index >= 15 is 0 Å². The molecule has 0 unspecified atom stereocenters. The SMILES string of the molecule is C=CC(=O)OCCCCCCCCCCCCC1CCC(c2ccc(-c3ccc(CCCCCCCCCCc4ccc(N=Nc5ccc(N=Nc6ccc(N7CCCC7)cc6)cc5)cc4)cc3)cc2)CC1. The van der Waals surface area contributed by atoms with Gasteiger partial charge in [-0.15, -0.1) is 0 Å². The Morgan fingerprint density at radius 3 is 1.33 bits per heavy atom. The molecule has 0 atom stereocenters. The molecule has 0 radical (unpaired) electrons. The smallest absolute Gasteiger partial charge is 0.330 e. The van der Waals surface area contributed by atoms with Crippen LogP contribution in [0.2, 0.25) is 0 Å². The number of benzene rings is 5. The topological polar surface area (TPSA) is 79.0 Å². The molecule has 0 aromatic heterocycles. The number of aryl methyl sites for hydroxylation is 2. The average molecular weight is 968 g/mol. The van der Waals surface area contributed by atoms with E-state index in [9.17, 15) is 4.79 Å². The fourth-order valence-corrected chi connectivity index (χ4v) is 10.7. The van der Waals surface area contributed by atoms with E-state index in [1.165, 1.54) is 188 Å². The predicted molar refractivity (Wildman–Crippen MR) is 302 cm³/mol. The Bertz CT molecular complexity index is 2320. The Labute approximate surface area is 434 Å². The molecule has 72 heavy (non-hydrogen) atoms. The zero-order valence-corrected chi connectivity index (χ0v) is 43.8. The summed E-state index contributed by atoms with van der Waals surface area (Å²) in [6.07, 6.45) is 36.5. The zero-order valence-electron chi connectivity index (χ0n) is 43.8. The molecular weight excluding hydrogens is 883 g/mol. The van der Waals surface area contributed by atoms with Crippen LogP contribution in [0.4, 0.5) is 28.4 Å².